The molecular formula is C7H13N3O5S2. The number of hydrogen-bond donors (Lipinski definition) is 2. The van der Waals surface area contributed by atoms with Crippen molar-refractivity contribution in [1.29, 1.82) is 0 Å². The maximum Gasteiger partial charge on any atom is 0.421 e. The first kappa shape index (κ1) is 14.1. The molecule has 1 atom stereocenters. The second-order valence-corrected chi connectivity index (χ2v) is 5.36. The highest BCUT2D eigenvalue weighted by Crippen LogP contribution is 2.09. The van der Waals surface area contributed by atoms with Crippen molar-refractivity contribution in [2.45, 2.75) is 6.10 Å². The van der Waals surface area contributed by atoms with Crippen LogP contribution in [0, 0.1) is 0 Å². The monoisotopic (exact) mass is 283 g/mol. The number of carbonyl (C=O) groups is 1. The second-order valence-electron chi connectivity index (χ2n) is 3.22. The maximum atomic E-state index is 11.7. The number of nitrogens with two attached hydrogens (primary N) is 1. The van der Waals surface area contributed by atoms with Crippen LogP contribution in [0.15, 0.2) is 0 Å². The van der Waals surface area contributed by atoms with Gasteiger partial charge in [0.1, 0.15) is 11.1 Å². The first-order valence-electron chi connectivity index (χ1n) is 4.63. The molecule has 0 radical (unpaired) electrons. The van der Waals surface area contributed by atoms with Gasteiger partial charge in [0.15, 0.2) is 0 Å². The van der Waals surface area contributed by atoms with E-state index < -0.39 is 22.4 Å². The summed E-state index contributed by atoms with van der Waals surface area (Å²) in [6.45, 7) is 0.247. The van der Waals surface area contributed by atoms with Gasteiger partial charge in [0, 0.05) is 13.1 Å². The van der Waals surface area contributed by atoms with E-state index in [1.54, 1.807) is 4.72 Å². The van der Waals surface area contributed by atoms with Gasteiger partial charge in [0.25, 0.3) is 0 Å². The SMILES string of the molecule is COC(=O)NS(=O)(=O)N1CCOC(C(N)=S)C1. The Morgan fingerprint density at radius 1 is 1.65 bits per heavy atom. The van der Waals surface area contributed by atoms with Gasteiger partial charge >= 0.3 is 16.3 Å². The van der Waals surface area contributed by atoms with Crippen LogP contribution in [0.25, 0.3) is 0 Å². The van der Waals surface area contributed by atoms with E-state index in [2.05, 4.69) is 4.74 Å². The summed E-state index contributed by atoms with van der Waals surface area (Å²) in [5.41, 5.74) is 5.37. The smallest absolute Gasteiger partial charge is 0.421 e. The summed E-state index contributed by atoms with van der Waals surface area (Å²) in [6.07, 6.45) is -1.70. The number of rotatable bonds is 3. The normalized spacial score (nSPS) is 21.8. The van der Waals surface area contributed by atoms with Gasteiger partial charge < -0.3 is 15.2 Å². The second kappa shape index (κ2) is 5.58. The Morgan fingerprint density at radius 2 is 2.29 bits per heavy atom. The lowest BCUT2D eigenvalue weighted by Gasteiger charge is -2.31. The van der Waals surface area contributed by atoms with Gasteiger partial charge in [-0.3, -0.25) is 0 Å². The molecule has 0 aliphatic carbocycles. The van der Waals surface area contributed by atoms with Crippen molar-refractivity contribution < 1.29 is 22.7 Å². The van der Waals surface area contributed by atoms with Crippen molar-refractivity contribution in [1.82, 2.24) is 9.03 Å². The highest BCUT2D eigenvalue weighted by atomic mass is 32.2. The van der Waals surface area contributed by atoms with E-state index in [-0.39, 0.29) is 24.7 Å². The molecule has 1 fully saturated rings. The third kappa shape index (κ3) is 3.77. The molecule has 10 heteroatoms. The Morgan fingerprint density at radius 3 is 2.82 bits per heavy atom. The molecule has 17 heavy (non-hydrogen) atoms. The van der Waals surface area contributed by atoms with Crippen molar-refractivity contribution in [2.75, 3.05) is 26.8 Å². The number of hydrogen-bond acceptors (Lipinski definition) is 6. The average molecular weight is 283 g/mol. The van der Waals surface area contributed by atoms with Crippen molar-refractivity contribution in [3.05, 3.63) is 0 Å². The summed E-state index contributed by atoms with van der Waals surface area (Å²) in [5, 5.41) is 0. The quantitative estimate of drug-likeness (QED) is 0.611. The number of nitrogens with one attached hydrogen (secondary N) is 1. The number of methoxy groups -OCH3 is 1. The summed E-state index contributed by atoms with van der Waals surface area (Å²) < 4.78 is 35.5. The molecule has 0 aromatic carbocycles. The van der Waals surface area contributed by atoms with Gasteiger partial charge in [-0.05, 0) is 0 Å². The van der Waals surface area contributed by atoms with E-state index in [1.807, 2.05) is 0 Å². The number of ether oxygens (including phenoxy) is 2. The number of nitrogens with zero attached hydrogens (tertiary/aromatic N) is 1. The van der Waals surface area contributed by atoms with Crippen LogP contribution < -0.4 is 10.5 Å². The van der Waals surface area contributed by atoms with Crippen LogP contribution in [-0.2, 0) is 19.7 Å². The van der Waals surface area contributed by atoms with E-state index in [9.17, 15) is 13.2 Å². The molecule has 1 aliphatic rings. The molecule has 0 saturated carbocycles. The van der Waals surface area contributed by atoms with Gasteiger partial charge in [-0.15, -0.1) is 0 Å². The average Bonchev–Trinajstić information content (AvgIpc) is 2.28. The van der Waals surface area contributed by atoms with Crippen LogP contribution >= 0.6 is 12.2 Å². The van der Waals surface area contributed by atoms with E-state index in [0.29, 0.717) is 0 Å². The third-order valence-corrected chi connectivity index (χ3v) is 3.78. The Labute approximate surface area is 104 Å². The maximum absolute atomic E-state index is 11.7. The lowest BCUT2D eigenvalue weighted by atomic mass is 10.3. The zero-order chi connectivity index (χ0) is 13.1. The van der Waals surface area contributed by atoms with Crippen LogP contribution in [0.2, 0.25) is 0 Å². The molecule has 0 aromatic heterocycles. The van der Waals surface area contributed by atoms with Crippen LogP contribution in [0.3, 0.4) is 0 Å². The first-order chi connectivity index (χ1) is 7.86. The van der Waals surface area contributed by atoms with Crippen LogP contribution in [0.5, 0.6) is 0 Å². The molecular weight excluding hydrogens is 270 g/mol. The predicted octanol–water partition coefficient (Wildman–Crippen LogP) is -1.43. The van der Waals surface area contributed by atoms with Crippen LogP contribution in [0.1, 0.15) is 0 Å². The zero-order valence-electron chi connectivity index (χ0n) is 9.08. The summed E-state index contributed by atoms with van der Waals surface area (Å²) in [6, 6.07) is 0. The van der Waals surface area contributed by atoms with E-state index in [0.717, 1.165) is 11.4 Å². The molecule has 1 aliphatic heterocycles. The molecule has 1 unspecified atom stereocenters. The van der Waals surface area contributed by atoms with Crippen LogP contribution in [0.4, 0.5) is 4.79 Å². The lowest BCUT2D eigenvalue weighted by Crippen LogP contribution is -2.53. The molecule has 1 amide bonds. The van der Waals surface area contributed by atoms with Crippen molar-refractivity contribution in [3.63, 3.8) is 0 Å². The Balaban J connectivity index is 2.71. The van der Waals surface area contributed by atoms with Gasteiger partial charge in [-0.1, -0.05) is 12.2 Å². The summed E-state index contributed by atoms with van der Waals surface area (Å²) >= 11 is 4.72. The molecule has 0 bridgehead atoms. The zero-order valence-corrected chi connectivity index (χ0v) is 10.7. The molecule has 8 nitrogen and oxygen atoms in total. The molecule has 98 valence electrons. The fraction of sp³-hybridized carbons (Fsp3) is 0.714. The standard InChI is InChI=1S/C7H13N3O5S2/c1-14-7(11)9-17(12,13)10-2-3-15-5(4-10)6(8)16/h5H,2-4H2,1H3,(H2,8,16)(H,9,11). The number of amides is 1. The fourth-order valence-corrected chi connectivity index (χ4v) is 2.44. The number of carbonyl (C=O) groups excluding carboxylic acids is 1. The molecule has 0 spiro atoms. The number of thiocarbonyl (C=S) groups is 1. The molecule has 1 rings (SSSR count). The van der Waals surface area contributed by atoms with Crippen LogP contribution in [-0.4, -0.2) is 56.7 Å². The fourth-order valence-electron chi connectivity index (χ4n) is 1.23. The molecule has 1 heterocycles. The van der Waals surface area contributed by atoms with Gasteiger partial charge in [-0.25, -0.2) is 9.52 Å². The van der Waals surface area contributed by atoms with E-state index in [4.69, 9.17) is 22.7 Å². The Bertz CT molecular complexity index is 410. The van der Waals surface area contributed by atoms with E-state index in [1.165, 1.54) is 0 Å². The summed E-state index contributed by atoms with van der Waals surface area (Å²) in [4.78, 5) is 10.9. The van der Waals surface area contributed by atoms with Gasteiger partial charge in [-0.2, -0.15) is 12.7 Å². The van der Waals surface area contributed by atoms with Gasteiger partial charge in [0.05, 0.1) is 13.7 Å². The van der Waals surface area contributed by atoms with Crippen molar-refractivity contribution in [2.24, 2.45) is 5.73 Å². The third-order valence-electron chi connectivity index (χ3n) is 2.08. The minimum Gasteiger partial charge on any atom is -0.452 e. The minimum absolute atomic E-state index is 0.0261. The molecule has 1 saturated heterocycles. The highest BCUT2D eigenvalue weighted by Gasteiger charge is 2.31. The lowest BCUT2D eigenvalue weighted by molar-refractivity contribution is 0.0381. The topological polar surface area (TPSA) is 111 Å². The Kier molecular flexibility index (Phi) is 4.62. The highest BCUT2D eigenvalue weighted by molar-refractivity contribution is 7.87. The first-order valence-corrected chi connectivity index (χ1v) is 6.48. The Hall–Kier alpha value is -0.970. The number of morpholine rings is 1. The predicted molar refractivity (Wildman–Crippen MR) is 62.6 cm³/mol. The summed E-state index contributed by atoms with van der Waals surface area (Å²) in [5.74, 6) is 0. The molecule has 0 aromatic rings. The molecule has 3 N–H and O–H groups in total. The largest absolute Gasteiger partial charge is 0.452 e. The minimum atomic E-state index is -3.95. The van der Waals surface area contributed by atoms with Gasteiger partial charge in [0.2, 0.25) is 0 Å². The summed E-state index contributed by atoms with van der Waals surface area (Å²) in [7, 11) is -2.88. The van der Waals surface area contributed by atoms with Crippen molar-refractivity contribution in [3.8, 4) is 0 Å². The van der Waals surface area contributed by atoms with E-state index >= 15 is 0 Å². The van der Waals surface area contributed by atoms with Crippen molar-refractivity contribution >= 4 is 33.5 Å².